The third kappa shape index (κ3) is 3.94. The van der Waals surface area contributed by atoms with Gasteiger partial charge in [-0.2, -0.15) is 4.98 Å². The molecule has 1 amide bonds. The number of hydrogen-bond acceptors (Lipinski definition) is 7. The van der Waals surface area contributed by atoms with Crippen molar-refractivity contribution >= 4 is 11.7 Å². The highest BCUT2D eigenvalue weighted by Gasteiger charge is 2.31. The van der Waals surface area contributed by atoms with Crippen molar-refractivity contribution in [2.75, 3.05) is 18.9 Å². The summed E-state index contributed by atoms with van der Waals surface area (Å²) in [7, 11) is 1.81. The molecule has 3 rings (SSSR count). The number of anilines is 1. The van der Waals surface area contributed by atoms with Crippen molar-refractivity contribution in [1.82, 2.24) is 25.0 Å². The maximum atomic E-state index is 12.7. The molecule has 25 heavy (non-hydrogen) atoms. The van der Waals surface area contributed by atoms with Crippen LogP contribution in [0, 0.1) is 0 Å². The van der Waals surface area contributed by atoms with E-state index in [1.165, 1.54) is 0 Å². The van der Waals surface area contributed by atoms with Gasteiger partial charge in [0.05, 0.1) is 24.1 Å². The van der Waals surface area contributed by atoms with E-state index in [1.54, 1.807) is 19.4 Å². The molecule has 0 unspecified atom stereocenters. The lowest BCUT2D eigenvalue weighted by Gasteiger charge is -2.24. The molecule has 0 bridgehead atoms. The van der Waals surface area contributed by atoms with Crippen molar-refractivity contribution in [3.05, 3.63) is 29.8 Å². The number of carbonyl (C=O) groups excluding carboxylic acids is 1. The fourth-order valence-electron chi connectivity index (χ4n) is 3.00. The van der Waals surface area contributed by atoms with Crippen molar-refractivity contribution in [2.45, 2.75) is 51.5 Å². The summed E-state index contributed by atoms with van der Waals surface area (Å²) in [4.78, 5) is 27.6. The predicted octanol–water partition coefficient (Wildman–Crippen LogP) is 2.32. The molecule has 2 aromatic heterocycles. The normalized spacial score (nSPS) is 17.3. The first kappa shape index (κ1) is 17.3. The van der Waals surface area contributed by atoms with Gasteiger partial charge in [-0.15, -0.1) is 0 Å². The minimum Gasteiger partial charge on any atom is -0.372 e. The number of aryl methyl sites for hydroxylation is 1. The van der Waals surface area contributed by atoms with Gasteiger partial charge in [0.2, 0.25) is 11.8 Å². The molecule has 8 heteroatoms. The van der Waals surface area contributed by atoms with Gasteiger partial charge in [-0.1, -0.05) is 19.0 Å². The Kier molecular flexibility index (Phi) is 5.25. The van der Waals surface area contributed by atoms with Crippen molar-refractivity contribution < 1.29 is 9.32 Å². The molecule has 1 saturated heterocycles. The minimum atomic E-state index is -0.0118. The summed E-state index contributed by atoms with van der Waals surface area (Å²) in [6, 6.07) is -0.0118. The number of nitrogens with one attached hydrogen (secondary N) is 1. The van der Waals surface area contributed by atoms with E-state index in [0.29, 0.717) is 30.4 Å². The van der Waals surface area contributed by atoms with Crippen LogP contribution in [-0.2, 0) is 11.2 Å². The Labute approximate surface area is 147 Å². The Bertz CT molecular complexity index is 729. The third-order valence-corrected chi connectivity index (χ3v) is 4.38. The molecular weight excluding hydrogens is 320 g/mol. The van der Waals surface area contributed by atoms with E-state index in [-0.39, 0.29) is 17.9 Å². The van der Waals surface area contributed by atoms with Crippen molar-refractivity contribution in [2.24, 2.45) is 0 Å². The monoisotopic (exact) mass is 344 g/mol. The summed E-state index contributed by atoms with van der Waals surface area (Å²) in [6.45, 7) is 4.76. The first-order valence-corrected chi connectivity index (χ1v) is 8.70. The lowest BCUT2D eigenvalue weighted by atomic mass is 10.1. The molecule has 3 heterocycles. The summed E-state index contributed by atoms with van der Waals surface area (Å²) in [5.74, 6) is 2.21. The highest BCUT2D eigenvalue weighted by molar-refractivity contribution is 5.77. The number of amides is 1. The van der Waals surface area contributed by atoms with Crippen LogP contribution in [0.4, 0.5) is 5.82 Å². The molecule has 0 aromatic carbocycles. The van der Waals surface area contributed by atoms with Gasteiger partial charge in [0, 0.05) is 32.4 Å². The van der Waals surface area contributed by atoms with Crippen LogP contribution in [0.2, 0.25) is 0 Å². The molecule has 8 nitrogen and oxygen atoms in total. The van der Waals surface area contributed by atoms with E-state index in [0.717, 1.165) is 25.1 Å². The maximum absolute atomic E-state index is 12.7. The number of aromatic nitrogens is 4. The summed E-state index contributed by atoms with van der Waals surface area (Å²) in [6.07, 6.45) is 6.11. The highest BCUT2D eigenvalue weighted by Crippen LogP contribution is 2.31. The standard InChI is InChI=1S/C17H24N6O2/c1-11(2)17-21-15(25-22-17)6-7-16(24)23-8-4-5-13(23)12-9-19-10-14(18-3)20-12/h9-11,13H,4-8H2,1-3H3,(H,18,20)/t13-/m1/s1. The Morgan fingerprint density at radius 2 is 2.24 bits per heavy atom. The maximum Gasteiger partial charge on any atom is 0.227 e. The zero-order chi connectivity index (χ0) is 17.8. The summed E-state index contributed by atoms with van der Waals surface area (Å²) < 4.78 is 5.22. The van der Waals surface area contributed by atoms with Gasteiger partial charge < -0.3 is 14.7 Å². The van der Waals surface area contributed by atoms with Gasteiger partial charge in [0.1, 0.15) is 5.82 Å². The molecule has 1 aliphatic rings. The first-order valence-electron chi connectivity index (χ1n) is 8.70. The van der Waals surface area contributed by atoms with Crippen LogP contribution in [0.15, 0.2) is 16.9 Å². The van der Waals surface area contributed by atoms with E-state index in [2.05, 4.69) is 25.4 Å². The Morgan fingerprint density at radius 1 is 1.40 bits per heavy atom. The lowest BCUT2D eigenvalue weighted by molar-refractivity contribution is -0.132. The Morgan fingerprint density at radius 3 is 2.96 bits per heavy atom. The Balaban J connectivity index is 1.63. The van der Waals surface area contributed by atoms with Gasteiger partial charge in [0.25, 0.3) is 0 Å². The van der Waals surface area contributed by atoms with E-state index in [1.807, 2.05) is 18.7 Å². The predicted molar refractivity (Wildman–Crippen MR) is 92.0 cm³/mol. The number of rotatable bonds is 6. The van der Waals surface area contributed by atoms with Crippen LogP contribution >= 0.6 is 0 Å². The summed E-state index contributed by atoms with van der Waals surface area (Å²) in [5.41, 5.74) is 0.831. The average molecular weight is 344 g/mol. The molecule has 0 radical (unpaired) electrons. The second-order valence-electron chi connectivity index (χ2n) is 6.53. The molecule has 134 valence electrons. The SMILES string of the molecule is CNc1cncc([C@H]2CCCN2C(=O)CCc2nc(C(C)C)no2)n1. The van der Waals surface area contributed by atoms with Gasteiger partial charge in [-0.05, 0) is 12.8 Å². The minimum absolute atomic E-state index is 0.0118. The second kappa shape index (κ2) is 7.58. The topological polar surface area (TPSA) is 97.0 Å². The van der Waals surface area contributed by atoms with E-state index < -0.39 is 0 Å². The third-order valence-electron chi connectivity index (χ3n) is 4.38. The van der Waals surface area contributed by atoms with Crippen LogP contribution in [-0.4, -0.2) is 44.5 Å². The number of likely N-dealkylation sites (tertiary alicyclic amines) is 1. The fraction of sp³-hybridized carbons (Fsp3) is 0.588. The number of carbonyl (C=O) groups is 1. The zero-order valence-electron chi connectivity index (χ0n) is 14.9. The largest absolute Gasteiger partial charge is 0.372 e. The first-order chi connectivity index (χ1) is 12.1. The molecular formula is C17H24N6O2. The van der Waals surface area contributed by atoms with E-state index in [9.17, 15) is 4.79 Å². The smallest absolute Gasteiger partial charge is 0.227 e. The molecule has 0 saturated carbocycles. The highest BCUT2D eigenvalue weighted by atomic mass is 16.5. The Hall–Kier alpha value is -2.51. The van der Waals surface area contributed by atoms with Gasteiger partial charge in [-0.3, -0.25) is 9.78 Å². The molecule has 1 fully saturated rings. The molecule has 1 atom stereocenters. The molecule has 0 spiro atoms. The molecule has 1 aliphatic heterocycles. The van der Waals surface area contributed by atoms with Gasteiger partial charge in [-0.25, -0.2) is 4.98 Å². The quantitative estimate of drug-likeness (QED) is 0.859. The second-order valence-corrected chi connectivity index (χ2v) is 6.53. The zero-order valence-corrected chi connectivity index (χ0v) is 14.9. The van der Waals surface area contributed by atoms with Crippen molar-refractivity contribution in [1.29, 1.82) is 0 Å². The summed E-state index contributed by atoms with van der Waals surface area (Å²) >= 11 is 0. The lowest BCUT2D eigenvalue weighted by Crippen LogP contribution is -2.31. The van der Waals surface area contributed by atoms with E-state index in [4.69, 9.17) is 4.52 Å². The van der Waals surface area contributed by atoms with Crippen LogP contribution in [0.1, 0.15) is 62.5 Å². The van der Waals surface area contributed by atoms with Gasteiger partial charge >= 0.3 is 0 Å². The van der Waals surface area contributed by atoms with Crippen LogP contribution in [0.3, 0.4) is 0 Å². The molecule has 0 aliphatic carbocycles. The summed E-state index contributed by atoms with van der Waals surface area (Å²) in [5, 5.41) is 6.92. The van der Waals surface area contributed by atoms with Crippen LogP contribution in [0.5, 0.6) is 0 Å². The molecule has 2 aromatic rings. The van der Waals surface area contributed by atoms with Crippen molar-refractivity contribution in [3.8, 4) is 0 Å². The molecule has 1 N–H and O–H groups in total. The fourth-order valence-corrected chi connectivity index (χ4v) is 3.00. The van der Waals surface area contributed by atoms with Crippen LogP contribution in [0.25, 0.3) is 0 Å². The number of nitrogens with zero attached hydrogens (tertiary/aromatic N) is 5. The van der Waals surface area contributed by atoms with Gasteiger partial charge in [0.15, 0.2) is 5.82 Å². The van der Waals surface area contributed by atoms with Crippen molar-refractivity contribution in [3.63, 3.8) is 0 Å². The number of hydrogen-bond donors (Lipinski definition) is 1. The van der Waals surface area contributed by atoms with Crippen LogP contribution < -0.4 is 5.32 Å². The average Bonchev–Trinajstić information content (AvgIpc) is 3.29. The van der Waals surface area contributed by atoms with E-state index >= 15 is 0 Å².